The molecule has 0 atom stereocenters. The maximum absolute atomic E-state index is 13.4. The summed E-state index contributed by atoms with van der Waals surface area (Å²) >= 11 is 1.17. The lowest BCUT2D eigenvalue weighted by Gasteiger charge is -2.04. The van der Waals surface area contributed by atoms with Crippen LogP contribution in [0.2, 0.25) is 0 Å². The highest BCUT2D eigenvalue weighted by Gasteiger charge is 2.12. The van der Waals surface area contributed by atoms with E-state index >= 15 is 0 Å². The van der Waals surface area contributed by atoms with Crippen LogP contribution < -0.4 is 5.73 Å². The van der Waals surface area contributed by atoms with Gasteiger partial charge in [0.2, 0.25) is 0 Å². The molecule has 0 bridgehead atoms. The zero-order valence-electron chi connectivity index (χ0n) is 9.17. The first kappa shape index (κ1) is 12.4. The molecule has 0 spiro atoms. The summed E-state index contributed by atoms with van der Waals surface area (Å²) in [5, 5.41) is 10.6. The summed E-state index contributed by atoms with van der Waals surface area (Å²) in [7, 11) is 0. The van der Waals surface area contributed by atoms with Crippen LogP contribution in [0.3, 0.4) is 0 Å². The number of nitrogens with zero attached hydrogens (tertiary/aromatic N) is 1. The molecule has 2 aromatic rings. The molecule has 0 aliphatic heterocycles. The number of benzene rings is 2. The van der Waals surface area contributed by atoms with Gasteiger partial charge in [-0.15, -0.1) is 0 Å². The van der Waals surface area contributed by atoms with E-state index in [1.807, 2.05) is 0 Å². The number of nitro groups is 1. The van der Waals surface area contributed by atoms with Gasteiger partial charge in [-0.3, -0.25) is 10.1 Å². The van der Waals surface area contributed by atoms with Crippen LogP contribution in [0.1, 0.15) is 0 Å². The van der Waals surface area contributed by atoms with E-state index in [4.69, 9.17) is 5.73 Å². The van der Waals surface area contributed by atoms with Gasteiger partial charge in [0.15, 0.2) is 0 Å². The Hall–Kier alpha value is -2.08. The number of anilines is 1. The topological polar surface area (TPSA) is 69.2 Å². The van der Waals surface area contributed by atoms with Crippen LogP contribution in [0.4, 0.5) is 15.8 Å². The highest BCUT2D eigenvalue weighted by Crippen LogP contribution is 2.33. The molecule has 0 unspecified atom stereocenters. The minimum atomic E-state index is -0.549. The first-order chi connectivity index (χ1) is 8.58. The molecule has 6 heteroatoms. The Morgan fingerprint density at radius 2 is 1.94 bits per heavy atom. The van der Waals surface area contributed by atoms with Crippen LogP contribution in [0, 0.1) is 15.9 Å². The molecular weight excluding hydrogens is 255 g/mol. The minimum absolute atomic E-state index is 0.0707. The van der Waals surface area contributed by atoms with E-state index in [2.05, 4.69) is 0 Å². The van der Waals surface area contributed by atoms with Gasteiger partial charge in [0.25, 0.3) is 5.69 Å². The molecule has 18 heavy (non-hydrogen) atoms. The molecule has 0 radical (unpaired) electrons. The number of nitrogen functional groups attached to an aromatic ring is 1. The first-order valence-electron chi connectivity index (χ1n) is 5.04. The van der Waals surface area contributed by atoms with Gasteiger partial charge in [0.1, 0.15) is 11.5 Å². The fraction of sp³-hybridized carbons (Fsp3) is 0. The fourth-order valence-electron chi connectivity index (χ4n) is 1.42. The third kappa shape index (κ3) is 2.60. The summed E-state index contributed by atoms with van der Waals surface area (Å²) in [6.07, 6.45) is 0. The fourth-order valence-corrected chi connectivity index (χ4v) is 2.30. The molecule has 2 N–H and O–H groups in total. The molecule has 0 heterocycles. The molecule has 4 nitrogen and oxygen atoms in total. The maximum atomic E-state index is 13.4. The predicted octanol–water partition coefficient (Wildman–Crippen LogP) is 3.47. The molecule has 2 aromatic carbocycles. The Labute approximate surface area is 107 Å². The second kappa shape index (κ2) is 5.05. The van der Waals surface area contributed by atoms with Gasteiger partial charge < -0.3 is 5.73 Å². The molecule has 92 valence electrons. The van der Waals surface area contributed by atoms with E-state index in [0.29, 0.717) is 9.79 Å². The van der Waals surface area contributed by atoms with Gasteiger partial charge >= 0.3 is 0 Å². The van der Waals surface area contributed by atoms with Crippen LogP contribution in [0.5, 0.6) is 0 Å². The van der Waals surface area contributed by atoms with Gasteiger partial charge in [0, 0.05) is 15.9 Å². The van der Waals surface area contributed by atoms with E-state index in [1.165, 1.54) is 30.0 Å². The van der Waals surface area contributed by atoms with Crippen molar-refractivity contribution in [3.05, 3.63) is 58.4 Å². The van der Waals surface area contributed by atoms with E-state index in [9.17, 15) is 14.5 Å². The number of halogens is 1. The molecular formula is C12H9FN2O2S. The van der Waals surface area contributed by atoms with Crippen molar-refractivity contribution < 1.29 is 9.31 Å². The Balaban J connectivity index is 2.29. The van der Waals surface area contributed by atoms with E-state index in [0.717, 1.165) is 0 Å². The van der Waals surface area contributed by atoms with Crippen LogP contribution in [0.25, 0.3) is 0 Å². The summed E-state index contributed by atoms with van der Waals surface area (Å²) < 4.78 is 13.4. The molecule has 2 rings (SSSR count). The van der Waals surface area contributed by atoms with Crippen molar-refractivity contribution >= 4 is 23.1 Å². The number of rotatable bonds is 3. The summed E-state index contributed by atoms with van der Waals surface area (Å²) in [5.41, 5.74) is 5.49. The Morgan fingerprint density at radius 3 is 2.56 bits per heavy atom. The molecule has 0 aliphatic carbocycles. The van der Waals surface area contributed by atoms with Crippen molar-refractivity contribution in [1.82, 2.24) is 0 Å². The molecule has 0 aromatic heterocycles. The zero-order valence-corrected chi connectivity index (χ0v) is 9.99. The molecule has 0 amide bonds. The Morgan fingerprint density at radius 1 is 1.22 bits per heavy atom. The van der Waals surface area contributed by atoms with Crippen LogP contribution in [0.15, 0.2) is 52.3 Å². The lowest BCUT2D eigenvalue weighted by atomic mass is 10.3. The number of nitro benzene ring substituents is 1. The quantitative estimate of drug-likeness (QED) is 0.523. The summed E-state index contributed by atoms with van der Waals surface area (Å²) in [4.78, 5) is 11.2. The van der Waals surface area contributed by atoms with E-state index in [-0.39, 0.29) is 17.2 Å². The number of nitrogens with two attached hydrogens (primary N) is 1. The average molecular weight is 264 g/mol. The third-order valence-corrected chi connectivity index (χ3v) is 3.30. The Bertz CT molecular complexity index is 604. The maximum Gasteiger partial charge on any atom is 0.292 e. The lowest BCUT2D eigenvalue weighted by molar-refractivity contribution is -0.383. The highest BCUT2D eigenvalue weighted by atomic mass is 32.2. The number of hydrogen-bond acceptors (Lipinski definition) is 4. The van der Waals surface area contributed by atoms with Gasteiger partial charge in [-0.05, 0) is 24.3 Å². The van der Waals surface area contributed by atoms with Crippen LogP contribution in [-0.4, -0.2) is 4.92 Å². The van der Waals surface area contributed by atoms with Crippen molar-refractivity contribution in [1.29, 1.82) is 0 Å². The van der Waals surface area contributed by atoms with Crippen LogP contribution >= 0.6 is 11.8 Å². The second-order valence-corrected chi connectivity index (χ2v) is 4.63. The minimum Gasteiger partial charge on any atom is -0.393 e. The van der Waals surface area contributed by atoms with E-state index in [1.54, 1.807) is 24.3 Å². The van der Waals surface area contributed by atoms with Gasteiger partial charge in [-0.1, -0.05) is 23.9 Å². The summed E-state index contributed by atoms with van der Waals surface area (Å²) in [6, 6.07) is 10.7. The van der Waals surface area contributed by atoms with Gasteiger partial charge in [-0.25, -0.2) is 4.39 Å². The lowest BCUT2D eigenvalue weighted by Crippen LogP contribution is -1.95. The van der Waals surface area contributed by atoms with Crippen molar-refractivity contribution in [2.75, 3.05) is 5.73 Å². The molecule has 0 aliphatic rings. The average Bonchev–Trinajstić information content (AvgIpc) is 2.32. The SMILES string of the molecule is Nc1cc(Sc2ccccc2F)ccc1[N+](=O)[O-]. The summed E-state index contributed by atoms with van der Waals surface area (Å²) in [6.45, 7) is 0. The standard InChI is InChI=1S/C12H9FN2O2S/c13-9-3-1-2-4-12(9)18-8-5-6-11(15(16)17)10(14)7-8/h1-7H,14H2. The van der Waals surface area contributed by atoms with E-state index < -0.39 is 4.92 Å². The second-order valence-electron chi connectivity index (χ2n) is 3.51. The highest BCUT2D eigenvalue weighted by molar-refractivity contribution is 7.99. The first-order valence-corrected chi connectivity index (χ1v) is 5.86. The molecule has 0 fully saturated rings. The normalized spacial score (nSPS) is 10.3. The van der Waals surface area contributed by atoms with Crippen molar-refractivity contribution in [2.24, 2.45) is 0 Å². The largest absolute Gasteiger partial charge is 0.393 e. The molecule has 0 saturated carbocycles. The molecule has 0 saturated heterocycles. The number of hydrogen-bond donors (Lipinski definition) is 1. The monoisotopic (exact) mass is 264 g/mol. The smallest absolute Gasteiger partial charge is 0.292 e. The van der Waals surface area contributed by atoms with Crippen molar-refractivity contribution in [3.8, 4) is 0 Å². The predicted molar refractivity (Wildman–Crippen MR) is 68.0 cm³/mol. The third-order valence-electron chi connectivity index (χ3n) is 2.26. The zero-order chi connectivity index (χ0) is 13.1. The van der Waals surface area contributed by atoms with Gasteiger partial charge in [0.05, 0.1) is 4.92 Å². The summed E-state index contributed by atoms with van der Waals surface area (Å²) in [5.74, 6) is -0.334. The van der Waals surface area contributed by atoms with Crippen LogP contribution in [-0.2, 0) is 0 Å². The van der Waals surface area contributed by atoms with Gasteiger partial charge in [-0.2, -0.15) is 0 Å². The van der Waals surface area contributed by atoms with Crippen molar-refractivity contribution in [2.45, 2.75) is 9.79 Å². The Kier molecular flexibility index (Phi) is 3.47. The van der Waals surface area contributed by atoms with Crippen molar-refractivity contribution in [3.63, 3.8) is 0 Å².